The number of nitrogens with one attached hydrogen (secondary N) is 1. The molecule has 1 aliphatic rings. The molecule has 1 aliphatic heterocycles. The fourth-order valence-corrected chi connectivity index (χ4v) is 3.58. The minimum absolute atomic E-state index is 0.0938. The van der Waals surface area contributed by atoms with Crippen molar-refractivity contribution < 1.29 is 9.18 Å². The number of hydrogen-bond acceptors (Lipinski definition) is 3. The van der Waals surface area contributed by atoms with E-state index in [1.54, 1.807) is 12.3 Å². The number of fused-ring (bicyclic) bond motifs is 1. The highest BCUT2D eigenvalue weighted by molar-refractivity contribution is 9.10. The highest BCUT2D eigenvalue weighted by atomic mass is 79.9. The molecular weight excluding hydrogens is 493 g/mol. The molecule has 3 rings (SSSR count). The summed E-state index contributed by atoms with van der Waals surface area (Å²) in [5.74, 6) is -0.351. The molecule has 0 spiro atoms. The number of carbonyl (C=O) groups is 1. The Hall–Kier alpha value is -2.60. The molecule has 0 saturated carbocycles. The lowest BCUT2D eigenvalue weighted by molar-refractivity contribution is -0.116. The van der Waals surface area contributed by atoms with Gasteiger partial charge in [0, 0.05) is 28.2 Å². The molecule has 184 valence electrons. The summed E-state index contributed by atoms with van der Waals surface area (Å²) in [5.41, 5.74) is 4.37. The van der Waals surface area contributed by atoms with E-state index in [1.807, 2.05) is 52.8 Å². The standard InChI is InChI=1S/C24H25BrFN3O.2C2H6/c1-4-20-19-13-17(26)10-12-22(19)28-23(30)8-6-5-7-18(24(29-20)15(2)3)21-11-9-16(25)14-27-21;2*1-2/h4,7,9-15H,5-6,8H2,1-3H3,(H,28,30);2*1-2H3/b18-7-,20-4-,29-24-;;. The van der Waals surface area contributed by atoms with Gasteiger partial charge >= 0.3 is 0 Å². The molecule has 0 fully saturated rings. The molecule has 0 unspecified atom stereocenters. The van der Waals surface area contributed by atoms with Gasteiger partial charge in [0.15, 0.2) is 0 Å². The summed E-state index contributed by atoms with van der Waals surface area (Å²) < 4.78 is 15.0. The molecule has 1 amide bonds. The zero-order valence-electron chi connectivity index (χ0n) is 21.4. The first-order valence-electron chi connectivity index (χ1n) is 12.1. The number of halogens is 2. The fraction of sp³-hybridized carbons (Fsp3) is 0.393. The fourth-order valence-electron chi connectivity index (χ4n) is 3.34. The molecule has 1 aromatic carbocycles. The van der Waals surface area contributed by atoms with Crippen LogP contribution in [0.3, 0.4) is 0 Å². The molecule has 0 bridgehead atoms. The van der Waals surface area contributed by atoms with E-state index in [0.29, 0.717) is 29.8 Å². The average Bonchev–Trinajstić information content (AvgIpc) is 2.84. The second-order valence-electron chi connectivity index (χ2n) is 7.44. The van der Waals surface area contributed by atoms with E-state index in [2.05, 4.69) is 46.2 Å². The van der Waals surface area contributed by atoms with E-state index in [4.69, 9.17) is 4.99 Å². The van der Waals surface area contributed by atoms with E-state index in [0.717, 1.165) is 27.9 Å². The first-order valence-corrected chi connectivity index (χ1v) is 12.9. The molecule has 0 radical (unpaired) electrons. The van der Waals surface area contributed by atoms with Crippen molar-refractivity contribution in [2.75, 3.05) is 5.32 Å². The molecule has 4 nitrogen and oxygen atoms in total. The van der Waals surface area contributed by atoms with Gasteiger partial charge in [0.05, 0.1) is 22.8 Å². The zero-order chi connectivity index (χ0) is 25.7. The van der Waals surface area contributed by atoms with Crippen LogP contribution in [-0.4, -0.2) is 16.6 Å². The van der Waals surface area contributed by atoms with E-state index in [1.165, 1.54) is 12.1 Å². The maximum Gasteiger partial charge on any atom is 0.224 e. The molecule has 0 saturated heterocycles. The van der Waals surface area contributed by atoms with Crippen LogP contribution >= 0.6 is 15.9 Å². The van der Waals surface area contributed by atoms with Crippen molar-refractivity contribution in [2.24, 2.45) is 10.9 Å². The molecule has 2 heterocycles. The largest absolute Gasteiger partial charge is 0.325 e. The summed E-state index contributed by atoms with van der Waals surface area (Å²) >= 11 is 3.43. The van der Waals surface area contributed by atoms with Gasteiger partial charge in [-0.1, -0.05) is 53.7 Å². The van der Waals surface area contributed by atoms with Crippen LogP contribution < -0.4 is 5.32 Å². The predicted molar refractivity (Wildman–Crippen MR) is 147 cm³/mol. The lowest BCUT2D eigenvalue weighted by atomic mass is 9.94. The minimum Gasteiger partial charge on any atom is -0.325 e. The van der Waals surface area contributed by atoms with Crippen LogP contribution in [0.2, 0.25) is 0 Å². The molecule has 1 N–H and O–H groups in total. The van der Waals surface area contributed by atoms with Crippen molar-refractivity contribution in [1.82, 2.24) is 4.98 Å². The number of allylic oxidation sites excluding steroid dienone is 3. The highest BCUT2D eigenvalue weighted by Crippen LogP contribution is 2.30. The normalized spacial score (nSPS) is 18.3. The molecule has 6 heteroatoms. The lowest BCUT2D eigenvalue weighted by Crippen LogP contribution is -2.15. The van der Waals surface area contributed by atoms with Crippen LogP contribution in [-0.2, 0) is 4.79 Å². The second kappa shape index (κ2) is 15.3. The van der Waals surface area contributed by atoms with E-state index < -0.39 is 0 Å². The van der Waals surface area contributed by atoms with Gasteiger partial charge in [-0.2, -0.15) is 0 Å². The Balaban J connectivity index is 0.00000137. The first-order chi connectivity index (χ1) is 16.4. The molecule has 0 aliphatic carbocycles. The summed E-state index contributed by atoms with van der Waals surface area (Å²) in [6.07, 6.45) is 7.51. The Bertz CT molecular complexity index is 1020. The monoisotopic (exact) mass is 529 g/mol. The summed E-state index contributed by atoms with van der Waals surface area (Å²) in [7, 11) is 0. The van der Waals surface area contributed by atoms with Crippen molar-refractivity contribution in [3.8, 4) is 0 Å². The summed E-state index contributed by atoms with van der Waals surface area (Å²) in [4.78, 5) is 21.9. The summed E-state index contributed by atoms with van der Waals surface area (Å²) in [5, 5.41) is 2.91. The number of carbonyl (C=O) groups excluding carboxylic acids is 1. The van der Waals surface area contributed by atoms with Gasteiger partial charge < -0.3 is 5.32 Å². The Labute approximate surface area is 212 Å². The molecule has 1 aromatic heterocycles. The number of amides is 1. The van der Waals surface area contributed by atoms with Crippen molar-refractivity contribution >= 4 is 44.5 Å². The zero-order valence-corrected chi connectivity index (χ0v) is 23.0. The van der Waals surface area contributed by atoms with E-state index >= 15 is 0 Å². The third-order valence-corrected chi connectivity index (χ3v) is 5.30. The lowest BCUT2D eigenvalue weighted by Gasteiger charge is -2.18. The van der Waals surface area contributed by atoms with Crippen LogP contribution in [0, 0.1) is 11.7 Å². The van der Waals surface area contributed by atoms with Crippen molar-refractivity contribution in [3.63, 3.8) is 0 Å². The smallest absolute Gasteiger partial charge is 0.224 e. The highest BCUT2D eigenvalue weighted by Gasteiger charge is 2.19. The van der Waals surface area contributed by atoms with Crippen LogP contribution in [0.15, 0.2) is 58.1 Å². The van der Waals surface area contributed by atoms with Gasteiger partial charge in [-0.15, -0.1) is 0 Å². The van der Waals surface area contributed by atoms with Crippen molar-refractivity contribution in [2.45, 2.75) is 67.7 Å². The van der Waals surface area contributed by atoms with Gasteiger partial charge in [0.25, 0.3) is 0 Å². The average molecular weight is 531 g/mol. The second-order valence-corrected chi connectivity index (χ2v) is 8.35. The van der Waals surface area contributed by atoms with Crippen LogP contribution in [0.4, 0.5) is 10.1 Å². The van der Waals surface area contributed by atoms with Crippen molar-refractivity contribution in [1.29, 1.82) is 0 Å². The van der Waals surface area contributed by atoms with Gasteiger partial charge in [-0.25, -0.2) is 4.39 Å². The van der Waals surface area contributed by atoms with E-state index in [-0.39, 0.29) is 17.6 Å². The molecule has 2 aromatic rings. The van der Waals surface area contributed by atoms with Gasteiger partial charge in [-0.05, 0) is 71.9 Å². The maximum atomic E-state index is 14.1. The Morgan fingerprint density at radius 2 is 1.82 bits per heavy atom. The number of benzene rings is 1. The quantitative estimate of drug-likeness (QED) is 0.422. The molecule has 0 atom stereocenters. The first kappa shape index (κ1) is 29.4. The number of aromatic nitrogens is 1. The number of aliphatic imine (C=N–C) groups is 1. The molecule has 34 heavy (non-hydrogen) atoms. The maximum absolute atomic E-state index is 14.1. The van der Waals surface area contributed by atoms with Gasteiger partial charge in [0.1, 0.15) is 5.82 Å². The minimum atomic E-state index is -0.374. The SMILES string of the molecule is CC.CC.C\C=C1/N=C(C(C)C)\C(c2ccc(Br)cn2)=C/CCCC(=O)Nc2ccc(F)cc21. The van der Waals surface area contributed by atoms with Gasteiger partial charge in [-0.3, -0.25) is 14.8 Å². The summed E-state index contributed by atoms with van der Waals surface area (Å²) in [6.45, 7) is 14.0. The summed E-state index contributed by atoms with van der Waals surface area (Å²) in [6, 6.07) is 8.26. The third kappa shape index (κ3) is 8.32. The third-order valence-electron chi connectivity index (χ3n) is 4.83. The van der Waals surface area contributed by atoms with Gasteiger partial charge in [0.2, 0.25) is 5.91 Å². The topological polar surface area (TPSA) is 54.4 Å². The van der Waals surface area contributed by atoms with Crippen molar-refractivity contribution in [3.05, 3.63) is 70.2 Å². The van der Waals surface area contributed by atoms with Crippen LogP contribution in [0.1, 0.15) is 79.0 Å². The number of anilines is 1. The predicted octanol–water partition coefficient (Wildman–Crippen LogP) is 8.70. The Morgan fingerprint density at radius 3 is 2.41 bits per heavy atom. The number of hydrogen-bond donors (Lipinski definition) is 1. The van der Waals surface area contributed by atoms with Crippen LogP contribution in [0.25, 0.3) is 11.3 Å². The van der Waals surface area contributed by atoms with Crippen LogP contribution in [0.5, 0.6) is 0 Å². The number of nitrogens with zero attached hydrogens (tertiary/aromatic N) is 2. The molecular formula is C28H37BrFN3O. The number of pyridine rings is 1. The van der Waals surface area contributed by atoms with E-state index in [9.17, 15) is 9.18 Å². The number of rotatable bonds is 2. The Kier molecular flexibility index (Phi) is 13.3. The Morgan fingerprint density at radius 1 is 1.12 bits per heavy atom.